The number of oxime groups is 1. The Morgan fingerprint density at radius 3 is 2.49 bits per heavy atom. The number of pyridine rings is 1. The monoisotopic (exact) mass is 591 g/mol. The molecule has 1 aliphatic heterocycles. The number of nitrogens with one attached hydrogen (secondary N) is 1. The van der Waals surface area contributed by atoms with E-state index in [0.29, 0.717) is 41.4 Å². The molecule has 0 radical (unpaired) electrons. The summed E-state index contributed by atoms with van der Waals surface area (Å²) in [6.07, 6.45) is -0.459. The molecular weight excluding hydrogens is 559 g/mol. The van der Waals surface area contributed by atoms with E-state index in [1.54, 1.807) is 12.3 Å². The number of hydrogen-bond acceptors (Lipinski definition) is 6. The molecule has 224 valence electrons. The Morgan fingerprint density at radius 1 is 0.977 bits per heavy atom. The Bertz CT molecular complexity index is 1540. The molecule has 0 bridgehead atoms. The minimum absolute atomic E-state index is 0.0140. The predicted molar refractivity (Wildman–Crippen MR) is 157 cm³/mol. The average Bonchev–Trinajstić information content (AvgIpc) is 3.03. The molecule has 0 unspecified atom stereocenters. The van der Waals surface area contributed by atoms with Gasteiger partial charge in [0.05, 0.1) is 11.3 Å². The maximum Gasteiger partial charge on any atom is 0.416 e. The summed E-state index contributed by atoms with van der Waals surface area (Å²) in [6.45, 7) is 1.95. The zero-order chi connectivity index (χ0) is 30.1. The van der Waals surface area contributed by atoms with Gasteiger partial charge in [-0.3, -0.25) is 9.78 Å². The number of rotatable bonds is 11. The van der Waals surface area contributed by atoms with Crippen molar-refractivity contribution in [3.05, 3.63) is 107 Å². The van der Waals surface area contributed by atoms with Crippen molar-refractivity contribution in [2.45, 2.75) is 32.0 Å². The highest BCUT2D eigenvalue weighted by molar-refractivity contribution is 6.03. The minimum Gasteiger partial charge on any atom is -0.481 e. The predicted octanol–water partition coefficient (Wildman–Crippen LogP) is 6.34. The third-order valence-corrected chi connectivity index (χ3v) is 7.26. The smallest absolute Gasteiger partial charge is 0.416 e. The average molecular weight is 592 g/mol. The van der Waals surface area contributed by atoms with Crippen LogP contribution in [0.4, 0.5) is 13.2 Å². The van der Waals surface area contributed by atoms with Crippen molar-refractivity contribution in [1.82, 2.24) is 10.3 Å². The molecule has 0 atom stereocenters. The summed E-state index contributed by atoms with van der Waals surface area (Å²) in [5.74, 6) is 0.722. The van der Waals surface area contributed by atoms with Gasteiger partial charge in [0.15, 0.2) is 6.61 Å². The third-order valence-electron chi connectivity index (χ3n) is 7.26. The molecule has 10 heteroatoms. The Labute approximate surface area is 247 Å². The molecule has 0 spiro atoms. The van der Waals surface area contributed by atoms with Gasteiger partial charge in [0.25, 0.3) is 5.91 Å². The number of ether oxygens (including phenoxy) is 2. The highest BCUT2D eigenvalue weighted by Gasteiger charge is 2.30. The second-order valence-corrected chi connectivity index (χ2v) is 10.3. The SMILES string of the molecule is O=C(COc1ccc(CC(=NOCc2ccc(C(F)(F)F)cc2)c2ccccc2)c2cccnc12)NCC1CCOCC1. The highest BCUT2D eigenvalue weighted by atomic mass is 19.4. The lowest BCUT2D eigenvalue weighted by Gasteiger charge is -2.22. The van der Waals surface area contributed by atoms with E-state index in [-0.39, 0.29) is 19.1 Å². The van der Waals surface area contributed by atoms with Crippen LogP contribution in [0.2, 0.25) is 0 Å². The zero-order valence-electron chi connectivity index (χ0n) is 23.5. The molecular formula is C33H32F3N3O4. The van der Waals surface area contributed by atoms with Gasteiger partial charge in [0.2, 0.25) is 0 Å². The molecule has 0 aliphatic carbocycles. The molecule has 1 saturated heterocycles. The van der Waals surface area contributed by atoms with Crippen LogP contribution in [-0.2, 0) is 33.6 Å². The summed E-state index contributed by atoms with van der Waals surface area (Å²) in [6, 6.07) is 21.8. The first-order valence-electron chi connectivity index (χ1n) is 14.1. The Balaban J connectivity index is 1.28. The van der Waals surface area contributed by atoms with Crippen molar-refractivity contribution in [1.29, 1.82) is 0 Å². The standard InChI is InChI=1S/C33H32F3N3O4/c34-33(35,36)27-11-8-24(9-12-27)21-43-39-29(25-5-2-1-3-6-25)19-26-10-13-30(32-28(26)7-4-16-37-32)42-22-31(40)38-20-23-14-17-41-18-15-23/h1-13,16,23H,14-15,17-22H2,(H,38,40). The molecule has 0 saturated carbocycles. The van der Waals surface area contributed by atoms with Gasteiger partial charge >= 0.3 is 6.18 Å². The normalized spacial score (nSPS) is 14.4. The fourth-order valence-electron chi connectivity index (χ4n) is 4.85. The van der Waals surface area contributed by atoms with Crippen molar-refractivity contribution in [3.8, 4) is 5.75 Å². The molecule has 1 fully saturated rings. The van der Waals surface area contributed by atoms with E-state index in [2.05, 4.69) is 15.5 Å². The number of alkyl halides is 3. The number of aromatic nitrogens is 1. The quantitative estimate of drug-likeness (QED) is 0.163. The van der Waals surface area contributed by atoms with Gasteiger partial charge in [-0.1, -0.05) is 59.8 Å². The number of carbonyl (C=O) groups excluding carboxylic acids is 1. The Hall–Kier alpha value is -4.44. The lowest BCUT2D eigenvalue weighted by Crippen LogP contribution is -2.35. The van der Waals surface area contributed by atoms with Gasteiger partial charge < -0.3 is 19.6 Å². The van der Waals surface area contributed by atoms with E-state index >= 15 is 0 Å². The van der Waals surface area contributed by atoms with Gasteiger partial charge in [-0.15, -0.1) is 0 Å². The summed E-state index contributed by atoms with van der Waals surface area (Å²) in [5.41, 5.74) is 2.87. The number of benzene rings is 3. The summed E-state index contributed by atoms with van der Waals surface area (Å²) in [7, 11) is 0. The number of nitrogens with zero attached hydrogens (tertiary/aromatic N) is 2. The summed E-state index contributed by atoms with van der Waals surface area (Å²) >= 11 is 0. The molecule has 1 amide bonds. The van der Waals surface area contributed by atoms with Crippen LogP contribution in [0.1, 0.15) is 35.1 Å². The van der Waals surface area contributed by atoms with Crippen molar-refractivity contribution in [2.24, 2.45) is 11.1 Å². The van der Waals surface area contributed by atoms with Crippen LogP contribution < -0.4 is 10.1 Å². The van der Waals surface area contributed by atoms with Crippen molar-refractivity contribution < 1.29 is 32.3 Å². The Kier molecular flexibility index (Phi) is 9.88. The first-order valence-corrected chi connectivity index (χ1v) is 14.1. The molecule has 4 aromatic rings. The Morgan fingerprint density at radius 2 is 1.74 bits per heavy atom. The van der Waals surface area contributed by atoms with Crippen molar-refractivity contribution in [2.75, 3.05) is 26.4 Å². The molecule has 5 rings (SSSR count). The van der Waals surface area contributed by atoms with E-state index in [9.17, 15) is 18.0 Å². The number of hydrogen-bond donors (Lipinski definition) is 1. The van der Waals surface area contributed by atoms with Crippen LogP contribution in [0, 0.1) is 5.92 Å². The van der Waals surface area contributed by atoms with Crippen LogP contribution in [0.3, 0.4) is 0 Å². The maximum absolute atomic E-state index is 12.9. The van der Waals surface area contributed by atoms with Gasteiger partial charge in [0.1, 0.15) is 17.9 Å². The summed E-state index contributed by atoms with van der Waals surface area (Å²) in [5, 5.41) is 8.17. The zero-order valence-corrected chi connectivity index (χ0v) is 23.5. The van der Waals surface area contributed by atoms with Crippen LogP contribution in [0.15, 0.2) is 90.2 Å². The van der Waals surface area contributed by atoms with Gasteiger partial charge in [0, 0.05) is 37.8 Å². The molecule has 3 aromatic carbocycles. The van der Waals surface area contributed by atoms with E-state index in [1.165, 1.54) is 12.1 Å². The van der Waals surface area contributed by atoms with E-state index < -0.39 is 11.7 Å². The summed E-state index contributed by atoms with van der Waals surface area (Å²) < 4.78 is 49.9. The largest absolute Gasteiger partial charge is 0.481 e. The van der Waals surface area contributed by atoms with Crippen molar-refractivity contribution >= 4 is 22.5 Å². The van der Waals surface area contributed by atoms with Crippen LogP contribution >= 0.6 is 0 Å². The topological polar surface area (TPSA) is 82.0 Å². The van der Waals surface area contributed by atoms with Gasteiger partial charge in [-0.25, -0.2) is 0 Å². The fourth-order valence-corrected chi connectivity index (χ4v) is 4.85. The number of halogens is 3. The van der Waals surface area contributed by atoms with Gasteiger partial charge in [-0.05, 0) is 59.7 Å². The molecule has 43 heavy (non-hydrogen) atoms. The van der Waals surface area contributed by atoms with Crippen LogP contribution in [0.5, 0.6) is 5.75 Å². The lowest BCUT2D eigenvalue weighted by atomic mass is 9.98. The minimum atomic E-state index is -4.40. The highest BCUT2D eigenvalue weighted by Crippen LogP contribution is 2.30. The molecule has 2 heterocycles. The first-order chi connectivity index (χ1) is 20.9. The molecule has 1 aliphatic rings. The van der Waals surface area contributed by atoms with E-state index in [0.717, 1.165) is 54.7 Å². The second-order valence-electron chi connectivity index (χ2n) is 10.3. The van der Waals surface area contributed by atoms with Crippen LogP contribution in [-0.4, -0.2) is 43.0 Å². The van der Waals surface area contributed by atoms with Gasteiger partial charge in [-0.2, -0.15) is 13.2 Å². The van der Waals surface area contributed by atoms with Crippen LogP contribution in [0.25, 0.3) is 10.9 Å². The maximum atomic E-state index is 12.9. The number of fused-ring (bicyclic) bond motifs is 1. The summed E-state index contributed by atoms with van der Waals surface area (Å²) in [4.78, 5) is 22.6. The number of carbonyl (C=O) groups is 1. The third kappa shape index (κ3) is 8.32. The van der Waals surface area contributed by atoms with E-state index in [1.807, 2.05) is 48.5 Å². The molecule has 1 aromatic heterocycles. The first kappa shape index (κ1) is 30.0. The lowest BCUT2D eigenvalue weighted by molar-refractivity contribution is -0.137. The number of amides is 1. The van der Waals surface area contributed by atoms with E-state index in [4.69, 9.17) is 14.3 Å². The molecule has 7 nitrogen and oxygen atoms in total. The fraction of sp³-hybridized carbons (Fsp3) is 0.303. The second kappa shape index (κ2) is 14.2. The molecule has 1 N–H and O–H groups in total. The van der Waals surface area contributed by atoms with Crippen molar-refractivity contribution in [3.63, 3.8) is 0 Å².